The minimum absolute atomic E-state index is 0.0984. The molecule has 3 saturated heterocycles. The molecule has 0 saturated carbocycles. The number of anilines is 1. The van der Waals surface area contributed by atoms with Crippen LogP contribution in [0.25, 0.3) is 11.3 Å². The zero-order valence-corrected chi connectivity index (χ0v) is 21.8. The maximum absolute atomic E-state index is 14.4. The number of hydrogen-bond donors (Lipinski definition) is 2. The molecule has 2 aromatic rings. The van der Waals surface area contributed by atoms with Crippen molar-refractivity contribution in [2.45, 2.75) is 44.6 Å². The highest BCUT2D eigenvalue weighted by Crippen LogP contribution is 2.31. The topological polar surface area (TPSA) is 104 Å². The van der Waals surface area contributed by atoms with Crippen LogP contribution in [0.3, 0.4) is 0 Å². The molecule has 1 aromatic heterocycles. The Morgan fingerprint density at radius 2 is 1.97 bits per heavy atom. The maximum Gasteiger partial charge on any atom is 0.251 e. The lowest BCUT2D eigenvalue weighted by Crippen LogP contribution is -2.52. The van der Waals surface area contributed by atoms with Crippen molar-refractivity contribution < 1.29 is 23.5 Å². The summed E-state index contributed by atoms with van der Waals surface area (Å²) < 4.78 is 19.7. The number of halogens is 1. The van der Waals surface area contributed by atoms with E-state index in [1.54, 1.807) is 23.5 Å². The van der Waals surface area contributed by atoms with E-state index < -0.39 is 36.2 Å². The van der Waals surface area contributed by atoms with Gasteiger partial charge in [0.1, 0.15) is 31.0 Å². The number of amides is 2. The first kappa shape index (κ1) is 25.7. The summed E-state index contributed by atoms with van der Waals surface area (Å²) in [5.74, 6) is -1.05. The van der Waals surface area contributed by atoms with Crippen LogP contribution in [0.15, 0.2) is 29.6 Å². The van der Waals surface area contributed by atoms with Gasteiger partial charge in [0.15, 0.2) is 10.9 Å². The van der Waals surface area contributed by atoms with Crippen LogP contribution in [0, 0.1) is 5.92 Å². The predicted molar refractivity (Wildman–Crippen MR) is 138 cm³/mol. The van der Waals surface area contributed by atoms with Crippen LogP contribution in [0.5, 0.6) is 0 Å². The first-order valence-corrected chi connectivity index (χ1v) is 13.6. The summed E-state index contributed by atoms with van der Waals surface area (Å²) >= 11 is 1.60. The first-order chi connectivity index (χ1) is 17.8. The zero-order valence-electron chi connectivity index (χ0n) is 21.0. The molecular weight excluding hydrogens is 497 g/mol. The number of piperazine rings is 1. The largest absolute Gasteiger partial charge is 0.365 e. The summed E-state index contributed by atoms with van der Waals surface area (Å²) in [5, 5.41) is 9.16. The Labute approximate surface area is 219 Å². The molecule has 1 aromatic carbocycles. The van der Waals surface area contributed by atoms with E-state index in [0.29, 0.717) is 12.0 Å². The molecule has 0 spiro atoms. The number of likely N-dealkylation sites (tertiary alicyclic amines) is 1. The average molecular weight is 530 g/mol. The van der Waals surface area contributed by atoms with E-state index in [0.717, 1.165) is 42.6 Å². The summed E-state index contributed by atoms with van der Waals surface area (Å²) in [6.45, 7) is 7.22. The van der Waals surface area contributed by atoms with Crippen molar-refractivity contribution in [2.75, 3.05) is 44.2 Å². The number of ketones is 1. The fourth-order valence-electron chi connectivity index (χ4n) is 5.15. The van der Waals surface area contributed by atoms with Crippen LogP contribution in [0.4, 0.5) is 9.52 Å². The van der Waals surface area contributed by atoms with E-state index in [1.165, 1.54) is 4.90 Å². The van der Waals surface area contributed by atoms with Crippen molar-refractivity contribution in [1.82, 2.24) is 20.5 Å². The minimum Gasteiger partial charge on any atom is -0.365 e. The van der Waals surface area contributed by atoms with Gasteiger partial charge in [0.25, 0.3) is 5.91 Å². The second-order valence-electron chi connectivity index (χ2n) is 10.2. The van der Waals surface area contributed by atoms with Crippen molar-refractivity contribution >= 4 is 34.1 Å². The number of carbonyl (C=O) groups excluding carboxylic acids is 3. The summed E-state index contributed by atoms with van der Waals surface area (Å²) in [6, 6.07) is 5.33. The number of thiazole rings is 1. The highest BCUT2D eigenvalue weighted by atomic mass is 32.1. The number of hydrogen-bond acceptors (Lipinski definition) is 8. The smallest absolute Gasteiger partial charge is 0.251 e. The van der Waals surface area contributed by atoms with E-state index in [2.05, 4.69) is 15.5 Å². The monoisotopic (exact) mass is 529 g/mol. The van der Waals surface area contributed by atoms with Crippen molar-refractivity contribution in [3.63, 3.8) is 0 Å². The number of carbonyl (C=O) groups is 3. The summed E-state index contributed by atoms with van der Waals surface area (Å²) in [6.07, 6.45) is -1.96. The fourth-order valence-corrected chi connectivity index (χ4v) is 6.04. The number of nitrogens with one attached hydrogen (secondary N) is 2. The van der Waals surface area contributed by atoms with Crippen LogP contribution in [0.1, 0.15) is 30.6 Å². The van der Waals surface area contributed by atoms with Gasteiger partial charge in [-0.2, -0.15) is 0 Å². The van der Waals surface area contributed by atoms with Gasteiger partial charge in [-0.25, -0.2) is 9.37 Å². The molecule has 0 radical (unpaired) electrons. The van der Waals surface area contributed by atoms with Gasteiger partial charge in [-0.1, -0.05) is 26.0 Å². The van der Waals surface area contributed by atoms with Gasteiger partial charge in [-0.05, 0) is 24.5 Å². The Bertz CT molecular complexity index is 1150. The van der Waals surface area contributed by atoms with Gasteiger partial charge in [0, 0.05) is 42.7 Å². The lowest BCUT2D eigenvalue weighted by Gasteiger charge is -2.28. The second-order valence-corrected chi connectivity index (χ2v) is 11.0. The third-order valence-corrected chi connectivity index (χ3v) is 7.94. The molecule has 4 atom stereocenters. The molecule has 2 amide bonds. The lowest BCUT2D eigenvalue weighted by molar-refractivity contribution is -0.138. The number of benzene rings is 1. The van der Waals surface area contributed by atoms with Gasteiger partial charge >= 0.3 is 0 Å². The Hall–Kier alpha value is -2.89. The number of Topliss-reactive ketones (excluding diaryl/α,β-unsaturated/α-hetero) is 1. The molecule has 3 aliphatic rings. The standard InChI is InChI=1S/C26H32FN5O4S/c1-15(2)11-19(25(35)32-12-18(27)23-22(32)21(33)13-36-23)29-24(34)17-5-3-16(4-6-17)20-14-37-26(30-20)31-9-7-28-8-10-31/h3-6,14-15,18-19,22-23,28H,7-13H2,1-2H3,(H,29,34)/t18-,19-,22?,23+/m0/s1. The zero-order chi connectivity index (χ0) is 26.1. The maximum atomic E-state index is 14.4. The average Bonchev–Trinajstić information content (AvgIpc) is 3.62. The van der Waals surface area contributed by atoms with E-state index in [9.17, 15) is 18.8 Å². The molecular formula is C26H32FN5O4S. The van der Waals surface area contributed by atoms with E-state index in [-0.39, 0.29) is 24.9 Å². The van der Waals surface area contributed by atoms with Crippen LogP contribution in [0.2, 0.25) is 0 Å². The third kappa shape index (κ3) is 5.39. The minimum atomic E-state index is -1.42. The Morgan fingerprint density at radius 1 is 1.24 bits per heavy atom. The van der Waals surface area contributed by atoms with Gasteiger partial charge in [0.2, 0.25) is 5.91 Å². The number of fused-ring (bicyclic) bond motifs is 1. The van der Waals surface area contributed by atoms with E-state index in [1.807, 2.05) is 31.4 Å². The van der Waals surface area contributed by atoms with Crippen LogP contribution < -0.4 is 15.5 Å². The van der Waals surface area contributed by atoms with Gasteiger partial charge in [-0.15, -0.1) is 11.3 Å². The Morgan fingerprint density at radius 3 is 2.68 bits per heavy atom. The van der Waals surface area contributed by atoms with Crippen molar-refractivity contribution in [1.29, 1.82) is 0 Å². The highest BCUT2D eigenvalue weighted by molar-refractivity contribution is 7.14. The Balaban J connectivity index is 1.27. The van der Waals surface area contributed by atoms with E-state index >= 15 is 0 Å². The molecule has 37 heavy (non-hydrogen) atoms. The quantitative estimate of drug-likeness (QED) is 0.565. The van der Waals surface area contributed by atoms with Gasteiger partial charge in [-0.3, -0.25) is 14.4 Å². The fraction of sp³-hybridized carbons (Fsp3) is 0.538. The van der Waals surface area contributed by atoms with Gasteiger partial charge in [0.05, 0.1) is 12.2 Å². The molecule has 5 rings (SSSR count). The predicted octanol–water partition coefficient (Wildman–Crippen LogP) is 1.88. The summed E-state index contributed by atoms with van der Waals surface area (Å²) in [7, 11) is 0. The number of nitrogens with zero attached hydrogens (tertiary/aromatic N) is 3. The molecule has 0 bridgehead atoms. The summed E-state index contributed by atoms with van der Waals surface area (Å²) in [5.41, 5.74) is 2.16. The number of aromatic nitrogens is 1. The number of rotatable bonds is 7. The van der Waals surface area contributed by atoms with Crippen LogP contribution in [-0.2, 0) is 14.3 Å². The second kappa shape index (κ2) is 10.8. The molecule has 1 unspecified atom stereocenters. The molecule has 3 fully saturated rings. The van der Waals surface area contributed by atoms with Crippen LogP contribution in [-0.4, -0.2) is 91.2 Å². The van der Waals surface area contributed by atoms with E-state index in [4.69, 9.17) is 9.72 Å². The molecule has 0 aliphatic carbocycles. The van der Waals surface area contributed by atoms with Crippen molar-refractivity contribution in [3.05, 3.63) is 35.2 Å². The SMILES string of the molecule is CC(C)C[C@H](NC(=O)c1ccc(-c2csc(N3CCNCC3)n2)cc1)C(=O)N1C[C@H](F)[C@H]2OCC(=O)C21. The highest BCUT2D eigenvalue weighted by Gasteiger charge is 2.53. The molecule has 198 valence electrons. The van der Waals surface area contributed by atoms with Gasteiger partial charge < -0.3 is 25.2 Å². The first-order valence-electron chi connectivity index (χ1n) is 12.7. The number of ether oxygens (including phenoxy) is 1. The molecule has 3 aliphatic heterocycles. The molecule has 9 nitrogen and oxygen atoms in total. The van der Waals surface area contributed by atoms with Crippen molar-refractivity contribution in [3.8, 4) is 11.3 Å². The molecule has 4 heterocycles. The van der Waals surface area contributed by atoms with Crippen LogP contribution >= 0.6 is 11.3 Å². The molecule has 11 heteroatoms. The summed E-state index contributed by atoms with van der Waals surface area (Å²) in [4.78, 5) is 47.0. The molecule has 2 N–H and O–H groups in total. The normalized spacial score (nSPS) is 24.4. The Kier molecular flexibility index (Phi) is 7.55. The third-order valence-electron chi connectivity index (χ3n) is 7.04. The number of alkyl halides is 1. The lowest BCUT2D eigenvalue weighted by atomic mass is 10.0. The van der Waals surface area contributed by atoms with Crippen molar-refractivity contribution in [2.24, 2.45) is 5.92 Å².